The van der Waals surface area contributed by atoms with E-state index in [1.165, 1.54) is 25.7 Å². The van der Waals surface area contributed by atoms with E-state index in [0.29, 0.717) is 10.7 Å². The molecule has 5 heteroatoms. The molecule has 0 amide bonds. The summed E-state index contributed by atoms with van der Waals surface area (Å²) >= 11 is 5.16. The first-order valence-electron chi connectivity index (χ1n) is 5.27. The Morgan fingerprint density at radius 3 is 3.00 bits per heavy atom. The van der Waals surface area contributed by atoms with Crippen molar-refractivity contribution >= 4 is 23.3 Å². The number of hydrogen-bond donors (Lipinski definition) is 1. The smallest absolute Gasteiger partial charge is 0.140 e. The Balaban J connectivity index is 2.19. The number of fused-ring (bicyclic) bond motifs is 1. The summed E-state index contributed by atoms with van der Waals surface area (Å²) in [6.07, 6.45) is 8.52. The Labute approximate surface area is 92.3 Å². The molecule has 0 unspecified atom stereocenters. The summed E-state index contributed by atoms with van der Waals surface area (Å²) in [5.41, 5.74) is 1.02. The lowest BCUT2D eigenvalue weighted by atomic mass is 10.2. The van der Waals surface area contributed by atoms with Gasteiger partial charge < -0.3 is 4.98 Å². The predicted molar refractivity (Wildman–Crippen MR) is 60.2 cm³/mol. The zero-order valence-electron chi connectivity index (χ0n) is 8.31. The summed E-state index contributed by atoms with van der Waals surface area (Å²) in [4.78, 5) is 7.19. The maximum atomic E-state index is 5.16. The highest BCUT2D eigenvalue weighted by atomic mass is 32.1. The van der Waals surface area contributed by atoms with Gasteiger partial charge in [-0.25, -0.2) is 9.67 Å². The fraction of sp³-hybridized carbons (Fsp3) is 0.500. The van der Waals surface area contributed by atoms with Crippen molar-refractivity contribution in [3.8, 4) is 0 Å². The maximum absolute atomic E-state index is 5.16. The molecular weight excluding hydrogens is 208 g/mol. The van der Waals surface area contributed by atoms with E-state index >= 15 is 0 Å². The third-order valence-corrected chi connectivity index (χ3v) is 3.40. The van der Waals surface area contributed by atoms with Gasteiger partial charge in [-0.2, -0.15) is 5.10 Å². The van der Waals surface area contributed by atoms with Crippen LogP contribution in [0.5, 0.6) is 0 Å². The fourth-order valence-electron chi connectivity index (χ4n) is 2.31. The van der Waals surface area contributed by atoms with Gasteiger partial charge in [0.15, 0.2) is 0 Å². The average molecular weight is 220 g/mol. The molecule has 15 heavy (non-hydrogen) atoms. The third-order valence-electron chi connectivity index (χ3n) is 3.08. The summed E-state index contributed by atoms with van der Waals surface area (Å²) in [7, 11) is 0. The maximum Gasteiger partial charge on any atom is 0.140 e. The number of H-pyrrole nitrogens is 1. The van der Waals surface area contributed by atoms with E-state index in [2.05, 4.69) is 19.7 Å². The van der Waals surface area contributed by atoms with Crippen LogP contribution in [-0.2, 0) is 0 Å². The Morgan fingerprint density at radius 2 is 2.20 bits per heavy atom. The van der Waals surface area contributed by atoms with E-state index in [0.717, 1.165) is 11.0 Å². The highest BCUT2D eigenvalue weighted by molar-refractivity contribution is 7.71. The van der Waals surface area contributed by atoms with Crippen molar-refractivity contribution in [2.45, 2.75) is 31.7 Å². The molecule has 78 valence electrons. The van der Waals surface area contributed by atoms with Gasteiger partial charge in [0.2, 0.25) is 0 Å². The summed E-state index contributed by atoms with van der Waals surface area (Å²) in [5, 5.41) is 5.37. The molecule has 0 saturated heterocycles. The van der Waals surface area contributed by atoms with Gasteiger partial charge in [-0.3, -0.25) is 0 Å². The van der Waals surface area contributed by atoms with Crippen molar-refractivity contribution in [1.82, 2.24) is 19.7 Å². The van der Waals surface area contributed by atoms with Crippen molar-refractivity contribution in [1.29, 1.82) is 0 Å². The lowest BCUT2D eigenvalue weighted by Crippen LogP contribution is -2.06. The van der Waals surface area contributed by atoms with Gasteiger partial charge in [0.1, 0.15) is 10.3 Å². The molecule has 1 aliphatic rings. The molecular formula is C10H12N4S. The molecule has 4 nitrogen and oxygen atoms in total. The Kier molecular flexibility index (Phi) is 2.05. The molecule has 1 fully saturated rings. The monoisotopic (exact) mass is 220 g/mol. The average Bonchev–Trinajstić information content (AvgIpc) is 2.85. The summed E-state index contributed by atoms with van der Waals surface area (Å²) in [6, 6.07) is 0.538. The highest BCUT2D eigenvalue weighted by Gasteiger charge is 2.19. The lowest BCUT2D eigenvalue weighted by Gasteiger charge is -2.10. The van der Waals surface area contributed by atoms with Crippen molar-refractivity contribution < 1.29 is 0 Å². The molecule has 0 radical (unpaired) electrons. The van der Waals surface area contributed by atoms with Crippen LogP contribution in [0.3, 0.4) is 0 Å². The minimum atomic E-state index is 0.538. The standard InChI is InChI=1S/C10H12N4S/c15-10-8-5-13-14(7-3-1-2-4-7)9(8)11-6-12-10/h5-7H,1-4H2,(H,11,12,15). The molecule has 0 aliphatic heterocycles. The van der Waals surface area contributed by atoms with Crippen LogP contribution in [-0.4, -0.2) is 19.7 Å². The van der Waals surface area contributed by atoms with Gasteiger partial charge in [0.05, 0.1) is 24.0 Å². The van der Waals surface area contributed by atoms with Crippen LogP contribution in [0.2, 0.25) is 0 Å². The van der Waals surface area contributed by atoms with Gasteiger partial charge in [-0.05, 0) is 12.8 Å². The van der Waals surface area contributed by atoms with E-state index in [-0.39, 0.29) is 0 Å². The first kappa shape index (κ1) is 9.03. The number of nitrogens with one attached hydrogen (secondary N) is 1. The largest absolute Gasteiger partial charge is 0.331 e. The normalized spacial score (nSPS) is 17.6. The van der Waals surface area contributed by atoms with Crippen LogP contribution in [0, 0.1) is 4.64 Å². The zero-order valence-corrected chi connectivity index (χ0v) is 9.13. The number of nitrogens with zero attached hydrogens (tertiary/aromatic N) is 3. The van der Waals surface area contributed by atoms with E-state index in [9.17, 15) is 0 Å². The van der Waals surface area contributed by atoms with E-state index in [4.69, 9.17) is 12.2 Å². The minimum Gasteiger partial charge on any atom is -0.331 e. The number of aromatic amines is 1. The third kappa shape index (κ3) is 1.38. The van der Waals surface area contributed by atoms with Gasteiger partial charge in [0.25, 0.3) is 0 Å². The second-order valence-electron chi connectivity index (χ2n) is 4.00. The van der Waals surface area contributed by atoms with Gasteiger partial charge >= 0.3 is 0 Å². The molecule has 2 aromatic heterocycles. The van der Waals surface area contributed by atoms with Crippen LogP contribution < -0.4 is 0 Å². The molecule has 1 N–H and O–H groups in total. The van der Waals surface area contributed by atoms with Crippen molar-refractivity contribution in [2.24, 2.45) is 0 Å². The number of hydrogen-bond acceptors (Lipinski definition) is 3. The Hall–Kier alpha value is -1.23. The van der Waals surface area contributed by atoms with Crippen molar-refractivity contribution in [3.05, 3.63) is 17.2 Å². The zero-order chi connectivity index (χ0) is 10.3. The number of rotatable bonds is 1. The van der Waals surface area contributed by atoms with E-state index in [1.807, 2.05) is 6.20 Å². The molecule has 0 spiro atoms. The Bertz CT molecular complexity index is 536. The molecule has 2 heterocycles. The second kappa shape index (κ2) is 3.41. The quantitative estimate of drug-likeness (QED) is 0.751. The number of aromatic nitrogens is 4. The van der Waals surface area contributed by atoms with E-state index < -0.39 is 0 Å². The minimum absolute atomic E-state index is 0.538. The van der Waals surface area contributed by atoms with Crippen LogP contribution >= 0.6 is 12.2 Å². The molecule has 3 rings (SSSR count). The molecule has 1 saturated carbocycles. The Morgan fingerprint density at radius 1 is 1.40 bits per heavy atom. The molecule has 2 aromatic rings. The highest BCUT2D eigenvalue weighted by Crippen LogP contribution is 2.30. The van der Waals surface area contributed by atoms with Crippen LogP contribution in [0.1, 0.15) is 31.7 Å². The van der Waals surface area contributed by atoms with Crippen molar-refractivity contribution in [3.63, 3.8) is 0 Å². The summed E-state index contributed by atoms with van der Waals surface area (Å²) < 4.78 is 2.70. The lowest BCUT2D eigenvalue weighted by molar-refractivity contribution is 0.478. The molecule has 0 bridgehead atoms. The topological polar surface area (TPSA) is 46.5 Å². The first-order chi connectivity index (χ1) is 7.36. The van der Waals surface area contributed by atoms with Crippen molar-refractivity contribution in [2.75, 3.05) is 0 Å². The van der Waals surface area contributed by atoms with Crippen LogP contribution in [0.15, 0.2) is 12.5 Å². The second-order valence-corrected chi connectivity index (χ2v) is 4.38. The van der Waals surface area contributed by atoms with E-state index in [1.54, 1.807) is 6.33 Å². The van der Waals surface area contributed by atoms with Crippen LogP contribution in [0.4, 0.5) is 0 Å². The van der Waals surface area contributed by atoms with Gasteiger partial charge in [-0.15, -0.1) is 0 Å². The molecule has 0 atom stereocenters. The van der Waals surface area contributed by atoms with Gasteiger partial charge in [-0.1, -0.05) is 25.1 Å². The predicted octanol–water partition coefficient (Wildman–Crippen LogP) is 2.60. The fourth-order valence-corrected chi connectivity index (χ4v) is 2.51. The first-order valence-corrected chi connectivity index (χ1v) is 5.68. The molecule has 0 aromatic carbocycles. The summed E-state index contributed by atoms with van der Waals surface area (Å²) in [6.45, 7) is 0. The SMILES string of the molecule is S=c1nc[nH]c2c1cnn2C1CCCC1. The summed E-state index contributed by atoms with van der Waals surface area (Å²) in [5.74, 6) is 0. The molecule has 1 aliphatic carbocycles. The van der Waals surface area contributed by atoms with Crippen LogP contribution in [0.25, 0.3) is 11.0 Å². The van der Waals surface area contributed by atoms with Gasteiger partial charge in [0, 0.05) is 0 Å².